The molecule has 0 spiro atoms. The van der Waals surface area contributed by atoms with E-state index in [4.69, 9.17) is 12.2 Å². The molecule has 4 heteroatoms. The predicted octanol–water partition coefficient (Wildman–Crippen LogP) is 3.43. The van der Waals surface area contributed by atoms with Crippen LogP contribution in [0.3, 0.4) is 0 Å². The molecule has 0 saturated carbocycles. The maximum Gasteiger partial charge on any atom is 0.270 e. The SMILES string of the molecule is C=CCNC(=S)[C@@H](C(=O)c1cc(C)c(C)cc1C)[n+]1ccccc1. The minimum atomic E-state index is -0.568. The maximum atomic E-state index is 13.3. The van der Waals surface area contributed by atoms with Crippen LogP contribution in [-0.4, -0.2) is 17.3 Å². The second-order valence-electron chi connectivity index (χ2n) is 5.87. The zero-order chi connectivity index (χ0) is 17.7. The molecule has 1 aromatic heterocycles. The lowest BCUT2D eigenvalue weighted by molar-refractivity contribution is -0.692. The van der Waals surface area contributed by atoms with E-state index in [-0.39, 0.29) is 5.78 Å². The van der Waals surface area contributed by atoms with Gasteiger partial charge in [-0.3, -0.25) is 4.79 Å². The minimum Gasteiger partial charge on any atom is -0.370 e. The molecule has 2 aromatic rings. The Balaban J connectivity index is 2.47. The van der Waals surface area contributed by atoms with Crippen molar-refractivity contribution in [2.24, 2.45) is 0 Å². The summed E-state index contributed by atoms with van der Waals surface area (Å²) in [6, 6.07) is 9.14. The van der Waals surface area contributed by atoms with E-state index >= 15 is 0 Å². The number of hydrogen-bond acceptors (Lipinski definition) is 2. The molecule has 0 bridgehead atoms. The molecule has 0 fully saturated rings. The van der Waals surface area contributed by atoms with Gasteiger partial charge in [-0.25, -0.2) is 0 Å². The Kier molecular flexibility index (Phi) is 5.99. The number of rotatable bonds is 6. The highest BCUT2D eigenvalue weighted by Crippen LogP contribution is 2.19. The van der Waals surface area contributed by atoms with Crippen molar-refractivity contribution in [1.82, 2.24) is 5.32 Å². The van der Waals surface area contributed by atoms with Crippen LogP contribution in [0.4, 0.5) is 0 Å². The van der Waals surface area contributed by atoms with Crippen LogP contribution in [0.1, 0.15) is 33.1 Å². The van der Waals surface area contributed by atoms with Crippen LogP contribution >= 0.6 is 12.2 Å². The first-order valence-electron chi connectivity index (χ1n) is 7.92. The molecule has 0 saturated heterocycles. The molecule has 0 amide bonds. The van der Waals surface area contributed by atoms with Crippen molar-refractivity contribution in [3.63, 3.8) is 0 Å². The normalized spacial score (nSPS) is 11.6. The maximum absolute atomic E-state index is 13.3. The van der Waals surface area contributed by atoms with Crippen molar-refractivity contribution in [3.05, 3.63) is 77.6 Å². The van der Waals surface area contributed by atoms with Crippen molar-refractivity contribution in [1.29, 1.82) is 0 Å². The van der Waals surface area contributed by atoms with Gasteiger partial charge in [0.1, 0.15) is 0 Å². The molecule has 0 radical (unpaired) electrons. The number of carbonyl (C=O) groups is 1. The molecule has 124 valence electrons. The Bertz CT molecular complexity index is 769. The molecule has 0 unspecified atom stereocenters. The fraction of sp³-hybridized carbons (Fsp3) is 0.250. The zero-order valence-electron chi connectivity index (χ0n) is 14.4. The summed E-state index contributed by atoms with van der Waals surface area (Å²) >= 11 is 5.50. The van der Waals surface area contributed by atoms with E-state index in [2.05, 4.69) is 24.9 Å². The summed E-state index contributed by atoms with van der Waals surface area (Å²) in [5, 5.41) is 3.10. The summed E-state index contributed by atoms with van der Waals surface area (Å²) in [5.74, 6) is -0.00615. The van der Waals surface area contributed by atoms with Crippen molar-refractivity contribution < 1.29 is 9.36 Å². The van der Waals surface area contributed by atoms with Gasteiger partial charge in [-0.05, 0) is 43.5 Å². The van der Waals surface area contributed by atoms with Gasteiger partial charge < -0.3 is 5.32 Å². The number of aryl methyl sites for hydroxylation is 3. The lowest BCUT2D eigenvalue weighted by Crippen LogP contribution is -2.51. The summed E-state index contributed by atoms with van der Waals surface area (Å²) in [4.78, 5) is 13.8. The average molecular weight is 339 g/mol. The Morgan fingerprint density at radius 3 is 2.42 bits per heavy atom. The monoisotopic (exact) mass is 339 g/mol. The molecule has 1 N–H and O–H groups in total. The van der Waals surface area contributed by atoms with E-state index in [1.165, 1.54) is 5.56 Å². The number of aromatic nitrogens is 1. The lowest BCUT2D eigenvalue weighted by Gasteiger charge is -2.16. The third-order valence-electron chi connectivity index (χ3n) is 4.06. The summed E-state index contributed by atoms with van der Waals surface area (Å²) in [5.41, 5.74) is 3.96. The second kappa shape index (κ2) is 7.97. The van der Waals surface area contributed by atoms with Gasteiger partial charge in [-0.1, -0.05) is 30.4 Å². The molecule has 1 atom stereocenters. The van der Waals surface area contributed by atoms with Crippen LogP contribution in [0.2, 0.25) is 0 Å². The van der Waals surface area contributed by atoms with Gasteiger partial charge in [0.25, 0.3) is 6.04 Å². The van der Waals surface area contributed by atoms with Crippen LogP contribution in [0, 0.1) is 20.8 Å². The molecule has 0 aliphatic heterocycles. The molecule has 3 nitrogen and oxygen atoms in total. The number of ketones is 1. The fourth-order valence-electron chi connectivity index (χ4n) is 2.62. The first-order valence-corrected chi connectivity index (χ1v) is 8.33. The smallest absolute Gasteiger partial charge is 0.270 e. The van der Waals surface area contributed by atoms with E-state index in [0.29, 0.717) is 17.1 Å². The second-order valence-corrected chi connectivity index (χ2v) is 6.31. The molecule has 1 aromatic carbocycles. The predicted molar refractivity (Wildman–Crippen MR) is 101 cm³/mol. The molecule has 2 rings (SSSR count). The number of pyridine rings is 1. The van der Waals surface area contributed by atoms with Crippen molar-refractivity contribution in [2.45, 2.75) is 26.8 Å². The number of thiocarbonyl (C=S) groups is 1. The van der Waals surface area contributed by atoms with Crippen molar-refractivity contribution in [3.8, 4) is 0 Å². The number of Topliss-reactive ketones (excluding diaryl/α,β-unsaturated/α-hetero) is 1. The Hall–Kier alpha value is -2.33. The van der Waals surface area contributed by atoms with Gasteiger partial charge in [0, 0.05) is 24.2 Å². The molecular weight excluding hydrogens is 316 g/mol. The van der Waals surface area contributed by atoms with E-state index in [1.54, 1.807) is 6.08 Å². The first kappa shape index (κ1) is 18.0. The quantitative estimate of drug-likeness (QED) is 0.379. The number of benzene rings is 1. The van der Waals surface area contributed by atoms with Crippen LogP contribution in [0.25, 0.3) is 0 Å². The third kappa shape index (κ3) is 3.95. The highest BCUT2D eigenvalue weighted by Gasteiger charge is 2.33. The summed E-state index contributed by atoms with van der Waals surface area (Å²) in [7, 11) is 0. The number of nitrogens with one attached hydrogen (secondary N) is 1. The van der Waals surface area contributed by atoms with E-state index in [9.17, 15) is 4.79 Å². The number of hydrogen-bond donors (Lipinski definition) is 1. The van der Waals surface area contributed by atoms with Gasteiger partial charge in [0.15, 0.2) is 17.4 Å². The van der Waals surface area contributed by atoms with E-state index in [0.717, 1.165) is 11.1 Å². The molecule has 0 aliphatic rings. The van der Waals surface area contributed by atoms with E-state index in [1.807, 2.05) is 55.1 Å². The summed E-state index contributed by atoms with van der Waals surface area (Å²) in [6.07, 6.45) is 5.45. The number of nitrogens with zero attached hydrogens (tertiary/aromatic N) is 1. The topological polar surface area (TPSA) is 33.0 Å². The Morgan fingerprint density at radius 2 is 1.79 bits per heavy atom. The van der Waals surface area contributed by atoms with Gasteiger partial charge in [-0.15, -0.1) is 6.58 Å². The summed E-state index contributed by atoms with van der Waals surface area (Å²) < 4.78 is 1.84. The Morgan fingerprint density at radius 1 is 1.17 bits per heavy atom. The van der Waals surface area contributed by atoms with Crippen LogP contribution in [0.5, 0.6) is 0 Å². The van der Waals surface area contributed by atoms with E-state index < -0.39 is 6.04 Å². The largest absolute Gasteiger partial charge is 0.370 e. The molecule has 24 heavy (non-hydrogen) atoms. The Labute approximate surface area is 149 Å². The van der Waals surface area contributed by atoms with Crippen LogP contribution in [0.15, 0.2) is 55.4 Å². The average Bonchev–Trinajstić information content (AvgIpc) is 2.57. The van der Waals surface area contributed by atoms with Crippen LogP contribution < -0.4 is 9.88 Å². The minimum absolute atomic E-state index is 0.00615. The van der Waals surface area contributed by atoms with Crippen LogP contribution in [-0.2, 0) is 0 Å². The lowest BCUT2D eigenvalue weighted by atomic mass is 9.94. The number of carbonyl (C=O) groups excluding carboxylic acids is 1. The van der Waals surface area contributed by atoms with Gasteiger partial charge in [0.2, 0.25) is 5.78 Å². The third-order valence-corrected chi connectivity index (χ3v) is 4.43. The highest BCUT2D eigenvalue weighted by molar-refractivity contribution is 7.80. The molecule has 0 aliphatic carbocycles. The van der Waals surface area contributed by atoms with Crippen molar-refractivity contribution >= 4 is 23.0 Å². The summed E-state index contributed by atoms with van der Waals surface area (Å²) in [6.45, 7) is 10.3. The first-order chi connectivity index (χ1) is 11.5. The van der Waals surface area contributed by atoms with Gasteiger partial charge in [0.05, 0.1) is 0 Å². The van der Waals surface area contributed by atoms with Gasteiger partial charge >= 0.3 is 0 Å². The van der Waals surface area contributed by atoms with Crippen molar-refractivity contribution in [2.75, 3.05) is 6.54 Å². The standard InChI is InChI=1S/C20H22N2OS/c1-5-9-21-20(24)18(22-10-7-6-8-11-22)19(23)17-13-15(3)14(2)12-16(17)4/h5-8,10-13,18H,1,9H2,2-4H3/p+1/t18-/m1/s1. The molecule has 1 heterocycles. The highest BCUT2D eigenvalue weighted by atomic mass is 32.1. The fourth-order valence-corrected chi connectivity index (χ4v) is 2.93. The molecular formula is C20H23N2OS+. The van der Waals surface area contributed by atoms with Gasteiger partial charge in [-0.2, -0.15) is 4.57 Å². The zero-order valence-corrected chi connectivity index (χ0v) is 15.2.